The van der Waals surface area contributed by atoms with Crippen LogP contribution in [0, 0.1) is 0 Å². The van der Waals surface area contributed by atoms with Crippen LogP contribution in [-0.4, -0.2) is 128 Å². The van der Waals surface area contributed by atoms with Crippen LogP contribution in [0.3, 0.4) is 0 Å². The van der Waals surface area contributed by atoms with Crippen molar-refractivity contribution in [2.75, 3.05) is 85.5 Å². The number of ether oxygens (including phenoxy) is 2. The van der Waals surface area contributed by atoms with Crippen LogP contribution in [0.25, 0.3) is 0 Å². The average Bonchev–Trinajstić information content (AvgIpc) is 2.74. The molecule has 1 rings (SSSR count). The Kier molecular flexibility index (Phi) is 14.3. The number of β-amino-alcohol motifs (C(OH)–C–C–N with tert-alkyl or cyclic N) is 2. The minimum Gasteiger partial charge on any atom is -0.389 e. The maximum atomic E-state index is 10.2. The number of hydrogen-bond donors (Lipinski definition) is 3. The molecule has 1 aliphatic heterocycles. The van der Waals surface area contributed by atoms with E-state index in [0.29, 0.717) is 39.5 Å². The van der Waals surface area contributed by atoms with Crippen molar-refractivity contribution in [1.29, 1.82) is 0 Å². The van der Waals surface area contributed by atoms with Gasteiger partial charge in [-0.2, -0.15) is 0 Å². The van der Waals surface area contributed by atoms with Gasteiger partial charge in [-0.15, -0.1) is 0 Å². The van der Waals surface area contributed by atoms with Gasteiger partial charge in [0.15, 0.2) is 0 Å². The highest BCUT2D eigenvalue weighted by Gasteiger charge is 2.20. The molecule has 8 heteroatoms. The quantitative estimate of drug-likeness (QED) is 0.360. The van der Waals surface area contributed by atoms with Crippen molar-refractivity contribution in [2.45, 2.75) is 38.9 Å². The molecule has 1 fully saturated rings. The molecule has 0 aliphatic carbocycles. The lowest BCUT2D eigenvalue weighted by molar-refractivity contribution is 0.00877. The molecule has 2 unspecified atom stereocenters. The first-order valence-corrected chi connectivity index (χ1v) is 10.4. The maximum Gasteiger partial charge on any atom is 0.0957 e. The molecule has 0 aromatic carbocycles. The van der Waals surface area contributed by atoms with Gasteiger partial charge in [-0.1, -0.05) is 13.8 Å². The molecule has 3 N–H and O–H groups in total. The largest absolute Gasteiger partial charge is 0.389 e. The Morgan fingerprint density at radius 3 is 1.41 bits per heavy atom. The molecular weight excluding hydrogens is 350 g/mol. The molecule has 8 nitrogen and oxygen atoms in total. The first-order valence-electron chi connectivity index (χ1n) is 10.4. The van der Waals surface area contributed by atoms with E-state index < -0.39 is 12.2 Å². The van der Waals surface area contributed by atoms with Crippen LogP contribution in [-0.2, 0) is 9.47 Å². The minimum absolute atomic E-state index is 0.0199. The van der Waals surface area contributed by atoms with E-state index in [1.54, 1.807) is 0 Å². The van der Waals surface area contributed by atoms with Crippen LogP contribution < -0.4 is 0 Å². The second-order valence-corrected chi connectivity index (χ2v) is 7.32. The summed E-state index contributed by atoms with van der Waals surface area (Å²) in [6, 6.07) is 0. The Balaban J connectivity index is 2.50. The highest BCUT2D eigenvalue weighted by Crippen LogP contribution is 2.03. The van der Waals surface area contributed by atoms with E-state index >= 15 is 0 Å². The van der Waals surface area contributed by atoms with Crippen LogP contribution in [0.5, 0.6) is 0 Å². The molecule has 1 heterocycles. The molecule has 0 aromatic heterocycles. The summed E-state index contributed by atoms with van der Waals surface area (Å²) >= 11 is 0. The summed E-state index contributed by atoms with van der Waals surface area (Å²) in [5.41, 5.74) is 0. The number of aliphatic hydroxyl groups excluding tert-OH is 3. The Morgan fingerprint density at radius 2 is 1.07 bits per heavy atom. The predicted molar refractivity (Wildman–Crippen MR) is 106 cm³/mol. The van der Waals surface area contributed by atoms with E-state index in [1.807, 2.05) is 18.7 Å². The lowest BCUT2D eigenvalue weighted by Gasteiger charge is -2.28. The third-order valence-electron chi connectivity index (χ3n) is 4.65. The van der Waals surface area contributed by atoms with E-state index in [2.05, 4.69) is 9.80 Å². The van der Waals surface area contributed by atoms with Crippen molar-refractivity contribution in [3.8, 4) is 0 Å². The van der Waals surface area contributed by atoms with Gasteiger partial charge in [0.05, 0.1) is 32.2 Å². The monoisotopic (exact) mass is 391 g/mol. The molecule has 0 radical (unpaired) electrons. The molecule has 2 atom stereocenters. The van der Waals surface area contributed by atoms with Gasteiger partial charge in [-0.25, -0.2) is 0 Å². The van der Waals surface area contributed by atoms with Crippen molar-refractivity contribution in [1.82, 2.24) is 14.7 Å². The Bertz CT molecular complexity index is 321. The second kappa shape index (κ2) is 15.6. The van der Waals surface area contributed by atoms with Crippen molar-refractivity contribution in [3.63, 3.8) is 0 Å². The standard InChI is InChI=1S/C19H41N3O5/c1-3-11-26-15-18(24)13-20-5-6-21(8-10-22(17-23)9-7-20)14-19(25)16-27-12-4-2/h18-19,23-25H,3-17H2,1-2H3. The van der Waals surface area contributed by atoms with Crippen LogP contribution in [0.2, 0.25) is 0 Å². The van der Waals surface area contributed by atoms with Gasteiger partial charge in [0.25, 0.3) is 0 Å². The van der Waals surface area contributed by atoms with E-state index in [4.69, 9.17) is 9.47 Å². The highest BCUT2D eigenvalue weighted by molar-refractivity contribution is 4.74. The summed E-state index contributed by atoms with van der Waals surface area (Å²) in [5, 5.41) is 30.0. The second-order valence-electron chi connectivity index (χ2n) is 7.32. The minimum atomic E-state index is -0.513. The van der Waals surface area contributed by atoms with Crippen LogP contribution in [0.4, 0.5) is 0 Å². The van der Waals surface area contributed by atoms with Crippen LogP contribution in [0.1, 0.15) is 26.7 Å². The lowest BCUT2D eigenvalue weighted by Crippen LogP contribution is -2.43. The smallest absolute Gasteiger partial charge is 0.0957 e. The summed E-state index contributed by atoms with van der Waals surface area (Å²) in [6.07, 6.45) is 0.866. The van der Waals surface area contributed by atoms with Crippen LogP contribution in [0.15, 0.2) is 0 Å². The summed E-state index contributed by atoms with van der Waals surface area (Å²) in [6.45, 7) is 12.0. The number of nitrogens with zero attached hydrogens (tertiary/aromatic N) is 3. The normalized spacial score (nSPS) is 20.8. The average molecular weight is 392 g/mol. The Hall–Kier alpha value is -0.320. The fourth-order valence-electron chi connectivity index (χ4n) is 3.12. The zero-order valence-electron chi connectivity index (χ0n) is 17.3. The molecule has 1 aliphatic rings. The van der Waals surface area contributed by atoms with Gasteiger partial charge >= 0.3 is 0 Å². The highest BCUT2D eigenvalue weighted by atomic mass is 16.5. The van der Waals surface area contributed by atoms with Gasteiger partial charge in [-0.05, 0) is 12.8 Å². The molecule has 27 heavy (non-hydrogen) atoms. The molecule has 0 amide bonds. The number of hydrogen-bond acceptors (Lipinski definition) is 8. The van der Waals surface area contributed by atoms with E-state index in [1.165, 1.54) is 0 Å². The lowest BCUT2D eigenvalue weighted by atomic mass is 10.3. The van der Waals surface area contributed by atoms with Crippen molar-refractivity contribution in [2.24, 2.45) is 0 Å². The zero-order valence-corrected chi connectivity index (χ0v) is 17.3. The summed E-state index contributed by atoms with van der Waals surface area (Å²) < 4.78 is 10.9. The van der Waals surface area contributed by atoms with Gasteiger partial charge in [0.1, 0.15) is 0 Å². The Morgan fingerprint density at radius 1 is 0.704 bits per heavy atom. The summed E-state index contributed by atoms with van der Waals surface area (Å²) in [7, 11) is 0. The van der Waals surface area contributed by atoms with Gasteiger partial charge in [0, 0.05) is 65.6 Å². The molecule has 0 aromatic rings. The van der Waals surface area contributed by atoms with Gasteiger partial charge in [0.2, 0.25) is 0 Å². The Labute approximate surface area is 164 Å². The van der Waals surface area contributed by atoms with Gasteiger partial charge in [-0.3, -0.25) is 14.7 Å². The van der Waals surface area contributed by atoms with Crippen molar-refractivity contribution >= 4 is 0 Å². The van der Waals surface area contributed by atoms with Crippen LogP contribution >= 0.6 is 0 Å². The molecule has 0 saturated carbocycles. The molecule has 162 valence electrons. The van der Waals surface area contributed by atoms with Crippen molar-refractivity contribution in [3.05, 3.63) is 0 Å². The van der Waals surface area contributed by atoms with Gasteiger partial charge < -0.3 is 24.8 Å². The number of rotatable bonds is 13. The SMILES string of the molecule is CCCOCC(O)CN1CCN(CO)CCN(CC(O)COCCC)CC1. The summed E-state index contributed by atoms with van der Waals surface area (Å²) in [5.74, 6) is 0. The molecule has 0 bridgehead atoms. The zero-order chi connectivity index (χ0) is 19.9. The summed E-state index contributed by atoms with van der Waals surface area (Å²) in [4.78, 5) is 6.41. The molecule has 0 spiro atoms. The van der Waals surface area contributed by atoms with Crippen molar-refractivity contribution < 1.29 is 24.8 Å². The topological polar surface area (TPSA) is 88.9 Å². The number of aliphatic hydroxyl groups is 3. The third-order valence-corrected chi connectivity index (χ3v) is 4.65. The fourth-order valence-corrected chi connectivity index (χ4v) is 3.12. The maximum absolute atomic E-state index is 10.2. The fraction of sp³-hybridized carbons (Fsp3) is 1.00. The van der Waals surface area contributed by atoms with E-state index in [9.17, 15) is 15.3 Å². The molecular formula is C19H41N3O5. The first-order chi connectivity index (χ1) is 13.1. The molecule has 1 saturated heterocycles. The van der Waals surface area contributed by atoms with E-state index in [-0.39, 0.29) is 6.73 Å². The third kappa shape index (κ3) is 12.0. The van der Waals surface area contributed by atoms with E-state index in [0.717, 1.165) is 52.1 Å². The first kappa shape index (κ1) is 24.7. The predicted octanol–water partition coefficient (Wildman–Crippen LogP) is -0.569.